The summed E-state index contributed by atoms with van der Waals surface area (Å²) in [4.78, 5) is 17.0. The maximum atomic E-state index is 12.5. The van der Waals surface area contributed by atoms with Crippen molar-refractivity contribution in [1.82, 2.24) is 10.2 Å². The first-order chi connectivity index (χ1) is 13.2. The summed E-state index contributed by atoms with van der Waals surface area (Å²) in [7, 11) is 2.19. The molecule has 5 heteroatoms. The van der Waals surface area contributed by atoms with Gasteiger partial charge >= 0.3 is 0 Å². The molecule has 2 heterocycles. The van der Waals surface area contributed by atoms with Crippen molar-refractivity contribution in [2.75, 3.05) is 33.2 Å². The molecule has 2 aliphatic rings. The van der Waals surface area contributed by atoms with Crippen LogP contribution >= 0.6 is 11.3 Å². The van der Waals surface area contributed by atoms with E-state index in [1.54, 1.807) is 11.3 Å². The van der Waals surface area contributed by atoms with Gasteiger partial charge in [-0.1, -0.05) is 29.8 Å². The smallest absolute Gasteiger partial charge is 0.261 e. The number of nitrogens with two attached hydrogens (primary N) is 1. The van der Waals surface area contributed by atoms with Crippen LogP contribution in [-0.2, 0) is 12.8 Å². The molecule has 1 fully saturated rings. The van der Waals surface area contributed by atoms with Gasteiger partial charge < -0.3 is 16.0 Å². The maximum Gasteiger partial charge on any atom is 0.261 e. The summed E-state index contributed by atoms with van der Waals surface area (Å²) >= 11 is 1.65. The normalized spacial score (nSPS) is 17.3. The number of carbonyl (C=O) groups excluding carboxylic acids is 1. The van der Waals surface area contributed by atoms with Crippen LogP contribution in [0.4, 0.5) is 0 Å². The Bertz CT molecular complexity index is 873. The second-order valence-electron chi connectivity index (χ2n) is 7.43. The quantitative estimate of drug-likeness (QED) is 0.859. The topological polar surface area (TPSA) is 58.4 Å². The summed E-state index contributed by atoms with van der Waals surface area (Å²) in [6, 6.07) is 10.9. The van der Waals surface area contributed by atoms with Crippen LogP contribution in [-0.4, -0.2) is 44.0 Å². The number of benzene rings is 1. The molecule has 0 radical (unpaired) electrons. The van der Waals surface area contributed by atoms with Crippen molar-refractivity contribution >= 4 is 22.8 Å². The third kappa shape index (κ3) is 3.72. The lowest BCUT2D eigenvalue weighted by molar-refractivity contribution is 0.0959. The Morgan fingerprint density at radius 1 is 1.15 bits per heavy atom. The van der Waals surface area contributed by atoms with E-state index >= 15 is 0 Å². The minimum atomic E-state index is -0.000430. The minimum absolute atomic E-state index is 0.000430. The lowest BCUT2D eigenvalue weighted by Crippen LogP contribution is -2.28. The number of nitrogens with one attached hydrogen (secondary N) is 1. The predicted octanol–water partition coefficient (Wildman–Crippen LogP) is 3.06. The molecule has 1 aliphatic carbocycles. The van der Waals surface area contributed by atoms with Gasteiger partial charge in [0, 0.05) is 31.1 Å². The highest BCUT2D eigenvalue weighted by molar-refractivity contribution is 7.14. The summed E-state index contributed by atoms with van der Waals surface area (Å²) < 4.78 is 0. The van der Waals surface area contributed by atoms with Gasteiger partial charge in [0.15, 0.2) is 0 Å². The van der Waals surface area contributed by atoms with Crippen LogP contribution in [0.25, 0.3) is 5.57 Å². The molecular formula is C22H27N3OS. The average Bonchev–Trinajstić information content (AvgIpc) is 3.04. The predicted molar refractivity (Wildman–Crippen MR) is 112 cm³/mol. The van der Waals surface area contributed by atoms with Gasteiger partial charge in [0.25, 0.3) is 5.91 Å². The van der Waals surface area contributed by atoms with Crippen molar-refractivity contribution in [3.63, 3.8) is 0 Å². The van der Waals surface area contributed by atoms with E-state index in [4.69, 9.17) is 5.73 Å². The van der Waals surface area contributed by atoms with Gasteiger partial charge in [0.2, 0.25) is 0 Å². The SMILES string of the molecule is CN1CCC(=C2c3ccccc3CCc3sc(C(=O)NCCN)cc32)CC1. The lowest BCUT2D eigenvalue weighted by atomic mass is 9.87. The van der Waals surface area contributed by atoms with Crippen LogP contribution in [0.1, 0.15) is 44.1 Å². The van der Waals surface area contributed by atoms with Crippen LogP contribution in [0.5, 0.6) is 0 Å². The van der Waals surface area contributed by atoms with E-state index in [0.29, 0.717) is 13.1 Å². The molecule has 1 aromatic heterocycles. The summed E-state index contributed by atoms with van der Waals surface area (Å²) in [6.07, 6.45) is 4.23. The zero-order chi connectivity index (χ0) is 18.8. The van der Waals surface area contributed by atoms with E-state index in [1.165, 1.54) is 32.7 Å². The van der Waals surface area contributed by atoms with E-state index in [0.717, 1.165) is 43.6 Å². The molecule has 142 valence electrons. The van der Waals surface area contributed by atoms with Crippen molar-refractivity contribution in [2.45, 2.75) is 25.7 Å². The van der Waals surface area contributed by atoms with E-state index in [2.05, 4.69) is 47.6 Å². The molecule has 1 amide bonds. The number of amides is 1. The Hall–Kier alpha value is -1.95. The summed E-state index contributed by atoms with van der Waals surface area (Å²) in [6.45, 7) is 3.19. The first-order valence-electron chi connectivity index (χ1n) is 9.77. The number of carbonyl (C=O) groups is 1. The molecule has 27 heavy (non-hydrogen) atoms. The summed E-state index contributed by atoms with van der Waals surface area (Å²) in [5, 5.41) is 2.92. The Kier molecular flexibility index (Phi) is 5.43. The number of piperidine rings is 1. The molecule has 1 saturated heterocycles. The number of aryl methyl sites for hydroxylation is 2. The van der Waals surface area contributed by atoms with Gasteiger partial charge in [-0.15, -0.1) is 11.3 Å². The van der Waals surface area contributed by atoms with Crippen molar-refractivity contribution in [3.05, 3.63) is 62.3 Å². The van der Waals surface area contributed by atoms with E-state index in [-0.39, 0.29) is 5.91 Å². The second-order valence-corrected chi connectivity index (χ2v) is 8.57. The molecule has 0 saturated carbocycles. The zero-order valence-corrected chi connectivity index (χ0v) is 16.7. The van der Waals surface area contributed by atoms with Crippen molar-refractivity contribution < 1.29 is 4.79 Å². The molecular weight excluding hydrogens is 354 g/mol. The van der Waals surface area contributed by atoms with Crippen LogP contribution < -0.4 is 11.1 Å². The van der Waals surface area contributed by atoms with Crippen molar-refractivity contribution in [3.8, 4) is 0 Å². The third-order valence-electron chi connectivity index (χ3n) is 5.58. The number of hydrogen-bond donors (Lipinski definition) is 2. The number of likely N-dealkylation sites (tertiary alicyclic amines) is 1. The number of fused-ring (bicyclic) bond motifs is 2. The molecule has 0 unspecified atom stereocenters. The Morgan fingerprint density at radius 3 is 2.70 bits per heavy atom. The number of hydrogen-bond acceptors (Lipinski definition) is 4. The number of rotatable bonds is 3. The Labute approximate surface area is 165 Å². The van der Waals surface area contributed by atoms with Gasteiger partial charge in [0.1, 0.15) is 0 Å². The molecule has 2 aromatic rings. The van der Waals surface area contributed by atoms with Crippen molar-refractivity contribution in [2.24, 2.45) is 5.73 Å². The van der Waals surface area contributed by atoms with E-state index in [1.807, 2.05) is 0 Å². The Morgan fingerprint density at radius 2 is 1.93 bits per heavy atom. The van der Waals surface area contributed by atoms with Crippen LogP contribution in [0, 0.1) is 0 Å². The fourth-order valence-electron chi connectivity index (χ4n) is 4.11. The largest absolute Gasteiger partial charge is 0.350 e. The van der Waals surface area contributed by atoms with Crippen LogP contribution in [0.15, 0.2) is 35.9 Å². The molecule has 0 bridgehead atoms. The number of nitrogens with zero attached hydrogens (tertiary/aromatic N) is 1. The minimum Gasteiger partial charge on any atom is -0.350 e. The molecule has 1 aromatic carbocycles. The average molecular weight is 382 g/mol. The zero-order valence-electron chi connectivity index (χ0n) is 15.9. The van der Waals surface area contributed by atoms with Gasteiger partial charge in [-0.25, -0.2) is 0 Å². The first-order valence-corrected chi connectivity index (χ1v) is 10.6. The van der Waals surface area contributed by atoms with Gasteiger partial charge in [0.05, 0.1) is 4.88 Å². The van der Waals surface area contributed by atoms with Crippen molar-refractivity contribution in [1.29, 1.82) is 0 Å². The second kappa shape index (κ2) is 7.97. The standard InChI is InChI=1S/C22H27N3OS/c1-25-12-8-16(9-13-25)21-17-5-3-2-4-15(17)6-7-19-18(21)14-20(27-19)22(26)24-11-10-23/h2-5,14H,6-13,23H2,1H3,(H,24,26). The fourth-order valence-corrected chi connectivity index (χ4v) is 5.19. The monoisotopic (exact) mass is 381 g/mol. The summed E-state index contributed by atoms with van der Waals surface area (Å²) in [5.74, 6) is -0.000430. The van der Waals surface area contributed by atoms with Crippen LogP contribution in [0.3, 0.4) is 0 Å². The number of thiophene rings is 1. The molecule has 1 aliphatic heterocycles. The van der Waals surface area contributed by atoms with E-state index in [9.17, 15) is 4.79 Å². The molecule has 4 rings (SSSR count). The molecule has 0 atom stereocenters. The van der Waals surface area contributed by atoms with Gasteiger partial charge in [-0.2, -0.15) is 0 Å². The van der Waals surface area contributed by atoms with Crippen LogP contribution in [0.2, 0.25) is 0 Å². The summed E-state index contributed by atoms with van der Waals surface area (Å²) in [5.41, 5.74) is 12.5. The van der Waals surface area contributed by atoms with Gasteiger partial charge in [-0.05, 0) is 61.1 Å². The molecule has 0 spiro atoms. The maximum absolute atomic E-state index is 12.5. The fraction of sp³-hybridized carbons (Fsp3) is 0.409. The molecule has 3 N–H and O–H groups in total. The highest BCUT2D eigenvalue weighted by atomic mass is 32.1. The lowest BCUT2D eigenvalue weighted by Gasteiger charge is -2.27. The molecule has 4 nitrogen and oxygen atoms in total. The third-order valence-corrected chi connectivity index (χ3v) is 6.78. The highest BCUT2D eigenvalue weighted by Gasteiger charge is 2.26. The van der Waals surface area contributed by atoms with Gasteiger partial charge in [-0.3, -0.25) is 4.79 Å². The highest BCUT2D eigenvalue weighted by Crippen LogP contribution is 2.41. The first kappa shape index (κ1) is 18.4. The van der Waals surface area contributed by atoms with E-state index < -0.39 is 0 Å². The Balaban J connectivity index is 1.81.